The van der Waals surface area contributed by atoms with E-state index in [4.69, 9.17) is 18.6 Å². The zero-order valence-electron chi connectivity index (χ0n) is 15.6. The first-order chi connectivity index (χ1) is 13.2. The number of hydrogen-bond acceptors (Lipinski definition) is 8. The lowest BCUT2D eigenvalue weighted by molar-refractivity contribution is -0.132. The van der Waals surface area contributed by atoms with Crippen LogP contribution < -0.4 is 19.8 Å². The summed E-state index contributed by atoms with van der Waals surface area (Å²) >= 11 is 0. The molecule has 0 atom stereocenters. The molecule has 1 heterocycles. The zero-order chi connectivity index (χ0) is 20.6. The minimum atomic E-state index is -0.703. The molecule has 0 bridgehead atoms. The molecule has 8 heteroatoms. The first-order valence-electron chi connectivity index (χ1n) is 8.26. The predicted octanol–water partition coefficient (Wildman–Crippen LogP) is 3.03. The number of carbonyl (C=O) groups is 3. The van der Waals surface area contributed by atoms with E-state index in [1.807, 2.05) is 0 Å². The number of benzene rings is 2. The molecule has 28 heavy (non-hydrogen) atoms. The van der Waals surface area contributed by atoms with Crippen molar-refractivity contribution in [2.75, 3.05) is 0 Å². The van der Waals surface area contributed by atoms with Crippen LogP contribution in [-0.2, 0) is 14.4 Å². The molecule has 1 aromatic heterocycles. The van der Waals surface area contributed by atoms with Crippen LogP contribution >= 0.6 is 0 Å². The van der Waals surface area contributed by atoms with Crippen molar-refractivity contribution in [1.29, 1.82) is 0 Å². The van der Waals surface area contributed by atoms with E-state index in [1.54, 1.807) is 19.1 Å². The number of fused-ring (bicyclic) bond motifs is 2. The van der Waals surface area contributed by atoms with Gasteiger partial charge in [-0.2, -0.15) is 0 Å². The van der Waals surface area contributed by atoms with Gasteiger partial charge in [-0.3, -0.25) is 14.4 Å². The first-order valence-corrected chi connectivity index (χ1v) is 8.26. The van der Waals surface area contributed by atoms with Crippen LogP contribution in [0.2, 0.25) is 0 Å². The number of rotatable bonds is 3. The number of hydrogen-bond donors (Lipinski definition) is 0. The maximum atomic E-state index is 12.5. The summed E-state index contributed by atoms with van der Waals surface area (Å²) < 4.78 is 20.8. The number of ether oxygens (including phenoxy) is 3. The van der Waals surface area contributed by atoms with Crippen molar-refractivity contribution in [3.05, 3.63) is 40.4 Å². The lowest BCUT2D eigenvalue weighted by atomic mass is 10.0. The summed E-state index contributed by atoms with van der Waals surface area (Å²) in [6.07, 6.45) is 0. The number of esters is 3. The van der Waals surface area contributed by atoms with Gasteiger partial charge in [0.05, 0.1) is 5.39 Å². The van der Waals surface area contributed by atoms with Crippen LogP contribution in [0.5, 0.6) is 17.2 Å². The van der Waals surface area contributed by atoms with Gasteiger partial charge >= 0.3 is 23.5 Å². The van der Waals surface area contributed by atoms with Crippen molar-refractivity contribution < 1.29 is 33.0 Å². The Kier molecular flexibility index (Phi) is 4.87. The molecular formula is C20H16O8. The van der Waals surface area contributed by atoms with Crippen LogP contribution in [0, 0.1) is 6.92 Å². The molecule has 0 saturated carbocycles. The van der Waals surface area contributed by atoms with E-state index in [0.717, 1.165) is 0 Å². The largest absolute Gasteiger partial charge is 0.428 e. The third-order valence-corrected chi connectivity index (χ3v) is 3.74. The highest BCUT2D eigenvalue weighted by molar-refractivity contribution is 6.09. The standard InChI is InChI=1S/C20H16O8/c1-9-5-13-6-14-7-15(26-10(2)21)8-16(27-11(3)22)17(14)19(28-12(4)23)18(13)20(24)25-9/h5-8H,1-4H3. The zero-order valence-corrected chi connectivity index (χ0v) is 15.6. The van der Waals surface area contributed by atoms with E-state index >= 15 is 0 Å². The van der Waals surface area contributed by atoms with Crippen LogP contribution in [0.1, 0.15) is 26.5 Å². The highest BCUT2D eigenvalue weighted by atomic mass is 16.6. The Hall–Kier alpha value is -3.68. The molecule has 3 aromatic rings. The quantitative estimate of drug-likeness (QED) is 0.385. The molecule has 0 amide bonds. The summed E-state index contributed by atoms with van der Waals surface area (Å²) in [6.45, 7) is 5.21. The summed E-state index contributed by atoms with van der Waals surface area (Å²) in [5, 5.41) is 1.11. The Balaban J connectivity index is 2.50. The van der Waals surface area contributed by atoms with Gasteiger partial charge in [-0.1, -0.05) is 0 Å². The number of aryl methyl sites for hydroxylation is 1. The fourth-order valence-electron chi connectivity index (χ4n) is 2.94. The molecule has 0 N–H and O–H groups in total. The maximum Gasteiger partial charge on any atom is 0.347 e. The Morgan fingerprint density at radius 1 is 0.786 bits per heavy atom. The van der Waals surface area contributed by atoms with Crippen molar-refractivity contribution in [3.8, 4) is 17.2 Å². The Morgan fingerprint density at radius 3 is 2.00 bits per heavy atom. The highest BCUT2D eigenvalue weighted by Crippen LogP contribution is 2.42. The summed E-state index contributed by atoms with van der Waals surface area (Å²) in [7, 11) is 0. The smallest absolute Gasteiger partial charge is 0.347 e. The predicted molar refractivity (Wildman–Crippen MR) is 98.7 cm³/mol. The van der Waals surface area contributed by atoms with Gasteiger partial charge in [0.15, 0.2) is 5.75 Å². The minimum absolute atomic E-state index is 0.0284. The van der Waals surface area contributed by atoms with E-state index in [1.165, 1.54) is 32.9 Å². The average molecular weight is 384 g/mol. The highest BCUT2D eigenvalue weighted by Gasteiger charge is 2.21. The van der Waals surface area contributed by atoms with E-state index in [-0.39, 0.29) is 28.0 Å². The lowest BCUT2D eigenvalue weighted by Gasteiger charge is -2.15. The van der Waals surface area contributed by atoms with Gasteiger partial charge in [0.2, 0.25) is 0 Å². The second-order valence-corrected chi connectivity index (χ2v) is 6.11. The van der Waals surface area contributed by atoms with Crippen LogP contribution in [0.4, 0.5) is 0 Å². The molecule has 0 unspecified atom stereocenters. The van der Waals surface area contributed by atoms with Gasteiger partial charge in [-0.25, -0.2) is 4.79 Å². The molecule has 144 valence electrons. The van der Waals surface area contributed by atoms with E-state index in [9.17, 15) is 19.2 Å². The van der Waals surface area contributed by atoms with E-state index in [2.05, 4.69) is 0 Å². The van der Waals surface area contributed by atoms with Gasteiger partial charge in [0.25, 0.3) is 0 Å². The molecule has 3 rings (SSSR count). The summed E-state index contributed by atoms with van der Waals surface area (Å²) in [5.41, 5.74) is -0.703. The molecule has 0 saturated heterocycles. The number of carbonyl (C=O) groups excluding carboxylic acids is 3. The van der Waals surface area contributed by atoms with Crippen molar-refractivity contribution in [2.24, 2.45) is 0 Å². The maximum absolute atomic E-state index is 12.5. The normalized spacial score (nSPS) is 10.7. The SMILES string of the molecule is CC(=O)Oc1cc(OC(C)=O)c2c(OC(C)=O)c3c(=O)oc(C)cc3cc2c1. The van der Waals surface area contributed by atoms with Crippen LogP contribution in [0.25, 0.3) is 21.5 Å². The van der Waals surface area contributed by atoms with Gasteiger partial charge in [-0.15, -0.1) is 0 Å². The van der Waals surface area contributed by atoms with Crippen LogP contribution in [0.3, 0.4) is 0 Å². The van der Waals surface area contributed by atoms with Crippen molar-refractivity contribution in [2.45, 2.75) is 27.7 Å². The first kappa shape index (κ1) is 19.1. The third-order valence-electron chi connectivity index (χ3n) is 3.74. The van der Waals surface area contributed by atoms with Crippen molar-refractivity contribution in [3.63, 3.8) is 0 Å². The Bertz CT molecular complexity index is 1200. The molecule has 0 aliphatic rings. The van der Waals surface area contributed by atoms with Gasteiger partial charge in [-0.05, 0) is 35.9 Å². The lowest BCUT2D eigenvalue weighted by Crippen LogP contribution is -2.10. The van der Waals surface area contributed by atoms with Crippen molar-refractivity contribution in [1.82, 2.24) is 0 Å². The average Bonchev–Trinajstić information content (AvgIpc) is 2.51. The molecule has 0 spiro atoms. The van der Waals surface area contributed by atoms with Crippen molar-refractivity contribution >= 4 is 39.5 Å². The van der Waals surface area contributed by atoms with Gasteiger partial charge < -0.3 is 18.6 Å². The molecule has 0 radical (unpaired) electrons. The summed E-state index contributed by atoms with van der Waals surface area (Å²) in [6, 6.07) is 6.05. The van der Waals surface area contributed by atoms with Crippen LogP contribution in [0.15, 0.2) is 33.5 Å². The minimum Gasteiger partial charge on any atom is -0.428 e. The van der Waals surface area contributed by atoms with Gasteiger partial charge in [0.1, 0.15) is 22.6 Å². The summed E-state index contributed by atoms with van der Waals surface area (Å²) in [4.78, 5) is 47.1. The molecular weight excluding hydrogens is 368 g/mol. The topological polar surface area (TPSA) is 109 Å². The van der Waals surface area contributed by atoms with Crippen LogP contribution in [-0.4, -0.2) is 17.9 Å². The second kappa shape index (κ2) is 7.15. The van der Waals surface area contributed by atoms with E-state index in [0.29, 0.717) is 16.5 Å². The van der Waals surface area contributed by atoms with Gasteiger partial charge in [0, 0.05) is 26.8 Å². The fraction of sp³-hybridized carbons (Fsp3) is 0.200. The molecule has 2 aromatic carbocycles. The fourth-order valence-corrected chi connectivity index (χ4v) is 2.94. The van der Waals surface area contributed by atoms with E-state index < -0.39 is 23.5 Å². The third kappa shape index (κ3) is 3.71. The molecule has 8 nitrogen and oxygen atoms in total. The molecule has 0 aliphatic heterocycles. The second-order valence-electron chi connectivity index (χ2n) is 6.11. The Morgan fingerprint density at radius 2 is 1.39 bits per heavy atom. The Labute approximate surface area is 158 Å². The molecule has 0 aliphatic carbocycles. The molecule has 0 fully saturated rings. The summed E-state index contributed by atoms with van der Waals surface area (Å²) in [5.74, 6) is -1.52. The monoisotopic (exact) mass is 384 g/mol.